The Labute approximate surface area is 167 Å². The summed E-state index contributed by atoms with van der Waals surface area (Å²) in [6.45, 7) is 2.34. The molecule has 0 amide bonds. The molecule has 0 saturated heterocycles. The van der Waals surface area contributed by atoms with Crippen LogP contribution in [0.2, 0.25) is 0 Å². The second-order valence-electron chi connectivity index (χ2n) is 6.23. The zero-order chi connectivity index (χ0) is 20.6. The van der Waals surface area contributed by atoms with Gasteiger partial charge in [-0.25, -0.2) is 14.4 Å². The van der Waals surface area contributed by atoms with Crippen molar-refractivity contribution in [3.8, 4) is 11.1 Å². The third-order valence-corrected chi connectivity index (χ3v) is 4.25. The minimum absolute atomic E-state index is 0.244. The molecule has 29 heavy (non-hydrogen) atoms. The van der Waals surface area contributed by atoms with Crippen LogP contribution >= 0.6 is 0 Å². The molecular weight excluding hydrogens is 371 g/mol. The van der Waals surface area contributed by atoms with Gasteiger partial charge in [0.25, 0.3) is 6.47 Å². The van der Waals surface area contributed by atoms with E-state index in [1.54, 1.807) is 18.5 Å². The Hall–Kier alpha value is -3.87. The zero-order valence-corrected chi connectivity index (χ0v) is 15.7. The van der Waals surface area contributed by atoms with Crippen molar-refractivity contribution in [1.29, 1.82) is 0 Å². The third-order valence-electron chi connectivity index (χ3n) is 4.25. The topological polar surface area (TPSA) is 88.0 Å². The van der Waals surface area contributed by atoms with Crippen molar-refractivity contribution < 1.29 is 14.3 Å². The van der Waals surface area contributed by atoms with Crippen molar-refractivity contribution in [2.24, 2.45) is 0 Å². The number of carbonyl (C=O) groups is 1. The number of aromatic nitrogens is 3. The summed E-state index contributed by atoms with van der Waals surface area (Å²) in [6.07, 6.45) is 3.41. The smallest absolute Gasteiger partial charge is 0.290 e. The molecule has 0 unspecified atom stereocenters. The summed E-state index contributed by atoms with van der Waals surface area (Å²) in [5, 5.41) is 11.2. The molecular formula is C22H19FN4O2. The molecule has 146 valence electrons. The van der Waals surface area contributed by atoms with Crippen molar-refractivity contribution in [2.75, 3.05) is 5.32 Å². The van der Waals surface area contributed by atoms with Gasteiger partial charge in [-0.05, 0) is 53.9 Å². The summed E-state index contributed by atoms with van der Waals surface area (Å²) in [7, 11) is 0. The summed E-state index contributed by atoms with van der Waals surface area (Å²) in [6, 6.07) is 16.5. The summed E-state index contributed by atoms with van der Waals surface area (Å²) in [5.74, 6) is 0.520. The summed E-state index contributed by atoms with van der Waals surface area (Å²) < 4.78 is 13.2. The van der Waals surface area contributed by atoms with Crippen LogP contribution in [-0.2, 0) is 11.3 Å². The number of carboxylic acid groups (broad SMARTS) is 1. The van der Waals surface area contributed by atoms with E-state index in [2.05, 4.69) is 20.3 Å². The van der Waals surface area contributed by atoms with Crippen LogP contribution in [0.5, 0.6) is 0 Å². The van der Waals surface area contributed by atoms with Crippen molar-refractivity contribution in [1.82, 2.24) is 15.0 Å². The minimum Gasteiger partial charge on any atom is -0.483 e. The predicted octanol–water partition coefficient (Wildman–Crippen LogP) is 4.45. The van der Waals surface area contributed by atoms with Crippen LogP contribution < -0.4 is 5.32 Å². The molecule has 7 heteroatoms. The van der Waals surface area contributed by atoms with E-state index in [-0.39, 0.29) is 12.3 Å². The molecule has 0 aliphatic rings. The Balaban J connectivity index is 0.000000755. The van der Waals surface area contributed by atoms with Crippen molar-refractivity contribution in [2.45, 2.75) is 13.5 Å². The number of fused-ring (bicyclic) bond motifs is 1. The fraction of sp³-hybridized carbons (Fsp3) is 0.0909. The van der Waals surface area contributed by atoms with Gasteiger partial charge in [0.15, 0.2) is 0 Å². The molecule has 0 atom stereocenters. The Kier molecular flexibility index (Phi) is 6.42. The standard InChI is InChI=1S/C21H17FN4.CH2O2/c1-14-2-3-15(11-23-14)12-24-21-19-10-17(6-9-20(19)25-13-26-21)16-4-7-18(22)8-5-16;2-1-3/h2-11,13H,12H2,1H3,(H,24,25,26);1H,(H,2,3). The maximum Gasteiger partial charge on any atom is 0.290 e. The highest BCUT2D eigenvalue weighted by atomic mass is 19.1. The van der Waals surface area contributed by atoms with E-state index >= 15 is 0 Å². The number of halogens is 1. The lowest BCUT2D eigenvalue weighted by molar-refractivity contribution is -0.122. The van der Waals surface area contributed by atoms with Gasteiger partial charge < -0.3 is 10.4 Å². The van der Waals surface area contributed by atoms with Crippen LogP contribution in [-0.4, -0.2) is 26.5 Å². The van der Waals surface area contributed by atoms with Crippen LogP contribution in [0, 0.1) is 12.7 Å². The van der Waals surface area contributed by atoms with E-state index in [4.69, 9.17) is 9.90 Å². The number of hydrogen-bond donors (Lipinski definition) is 2. The first-order valence-electron chi connectivity index (χ1n) is 8.84. The second kappa shape index (κ2) is 9.36. The molecule has 4 rings (SSSR count). The lowest BCUT2D eigenvalue weighted by atomic mass is 10.0. The molecule has 0 bridgehead atoms. The normalized spacial score (nSPS) is 10.1. The number of aryl methyl sites for hydroxylation is 1. The molecule has 2 aromatic heterocycles. The van der Waals surface area contributed by atoms with E-state index in [1.807, 2.05) is 43.5 Å². The third kappa shape index (κ3) is 5.10. The number of nitrogens with one attached hydrogen (secondary N) is 1. The van der Waals surface area contributed by atoms with Crippen molar-refractivity contribution >= 4 is 23.2 Å². The van der Waals surface area contributed by atoms with Gasteiger partial charge in [0.05, 0.1) is 5.52 Å². The van der Waals surface area contributed by atoms with Gasteiger partial charge in [-0.2, -0.15) is 0 Å². The molecule has 0 radical (unpaired) electrons. The first-order valence-corrected chi connectivity index (χ1v) is 8.84. The number of anilines is 1. The number of hydrogen-bond acceptors (Lipinski definition) is 5. The quantitative estimate of drug-likeness (QED) is 0.501. The van der Waals surface area contributed by atoms with Crippen LogP contribution in [0.1, 0.15) is 11.3 Å². The van der Waals surface area contributed by atoms with Gasteiger partial charge in [-0.1, -0.05) is 24.3 Å². The average Bonchev–Trinajstić information content (AvgIpc) is 2.74. The van der Waals surface area contributed by atoms with E-state index in [1.165, 1.54) is 12.1 Å². The Bertz CT molecular complexity index is 1100. The molecule has 2 heterocycles. The highest BCUT2D eigenvalue weighted by Crippen LogP contribution is 2.27. The Morgan fingerprint density at radius 1 is 1.00 bits per heavy atom. The first-order chi connectivity index (χ1) is 14.1. The van der Waals surface area contributed by atoms with Crippen LogP contribution in [0.4, 0.5) is 10.2 Å². The fourth-order valence-corrected chi connectivity index (χ4v) is 2.81. The maximum absolute atomic E-state index is 13.2. The van der Waals surface area contributed by atoms with E-state index in [0.29, 0.717) is 6.54 Å². The van der Waals surface area contributed by atoms with Gasteiger partial charge >= 0.3 is 0 Å². The summed E-state index contributed by atoms with van der Waals surface area (Å²) in [4.78, 5) is 21.4. The molecule has 0 fully saturated rings. The van der Waals surface area contributed by atoms with Gasteiger partial charge in [0.1, 0.15) is 18.0 Å². The largest absolute Gasteiger partial charge is 0.483 e. The van der Waals surface area contributed by atoms with Crippen LogP contribution in [0.3, 0.4) is 0 Å². The molecule has 0 aliphatic heterocycles. The molecule has 2 N–H and O–H groups in total. The molecule has 0 spiro atoms. The fourth-order valence-electron chi connectivity index (χ4n) is 2.81. The highest BCUT2D eigenvalue weighted by Gasteiger charge is 2.07. The molecule has 4 aromatic rings. The minimum atomic E-state index is -0.250. The highest BCUT2D eigenvalue weighted by molar-refractivity contribution is 5.92. The van der Waals surface area contributed by atoms with Crippen LogP contribution in [0.25, 0.3) is 22.0 Å². The lowest BCUT2D eigenvalue weighted by Crippen LogP contribution is -2.03. The molecule has 6 nitrogen and oxygen atoms in total. The Morgan fingerprint density at radius 2 is 1.72 bits per heavy atom. The van der Waals surface area contributed by atoms with Gasteiger partial charge in [0.2, 0.25) is 0 Å². The number of benzene rings is 2. The molecule has 0 saturated carbocycles. The van der Waals surface area contributed by atoms with Crippen LogP contribution in [0.15, 0.2) is 67.1 Å². The first kappa shape index (κ1) is 19.9. The molecule has 2 aromatic carbocycles. The summed E-state index contributed by atoms with van der Waals surface area (Å²) in [5.41, 5.74) is 4.87. The second-order valence-corrected chi connectivity index (χ2v) is 6.23. The van der Waals surface area contributed by atoms with E-state index in [0.717, 1.165) is 39.1 Å². The summed E-state index contributed by atoms with van der Waals surface area (Å²) >= 11 is 0. The Morgan fingerprint density at radius 3 is 2.41 bits per heavy atom. The predicted molar refractivity (Wildman–Crippen MR) is 110 cm³/mol. The van der Waals surface area contributed by atoms with Crippen molar-refractivity contribution in [3.63, 3.8) is 0 Å². The lowest BCUT2D eigenvalue weighted by Gasteiger charge is -2.10. The van der Waals surface area contributed by atoms with Gasteiger partial charge in [-0.15, -0.1) is 0 Å². The number of rotatable bonds is 4. The van der Waals surface area contributed by atoms with Gasteiger partial charge in [-0.3, -0.25) is 9.78 Å². The van der Waals surface area contributed by atoms with Crippen molar-refractivity contribution in [3.05, 3.63) is 84.2 Å². The molecule has 0 aliphatic carbocycles. The number of nitrogens with zero attached hydrogens (tertiary/aromatic N) is 3. The zero-order valence-electron chi connectivity index (χ0n) is 15.7. The maximum atomic E-state index is 13.2. The van der Waals surface area contributed by atoms with E-state index in [9.17, 15) is 4.39 Å². The number of pyridine rings is 1. The van der Waals surface area contributed by atoms with E-state index < -0.39 is 0 Å². The SMILES string of the molecule is Cc1ccc(CNc2ncnc3ccc(-c4ccc(F)cc4)cc23)cn1.O=CO. The van der Waals surface area contributed by atoms with Gasteiger partial charge in [0, 0.05) is 23.8 Å². The average molecular weight is 390 g/mol. The monoisotopic (exact) mass is 390 g/mol.